The van der Waals surface area contributed by atoms with Gasteiger partial charge in [-0.2, -0.15) is 10.2 Å². The highest BCUT2D eigenvalue weighted by atomic mass is 16.4. The second kappa shape index (κ2) is 4.71. The van der Waals surface area contributed by atoms with E-state index in [0.29, 0.717) is 11.7 Å². The van der Waals surface area contributed by atoms with Crippen LogP contribution < -0.4 is 0 Å². The van der Waals surface area contributed by atoms with Crippen molar-refractivity contribution in [3.63, 3.8) is 0 Å². The normalized spacial score (nSPS) is 16.2. The number of hydrogen-bond acceptors (Lipinski definition) is 6. The fourth-order valence-electron chi connectivity index (χ4n) is 2.14. The van der Waals surface area contributed by atoms with Gasteiger partial charge >= 0.3 is 5.97 Å². The van der Waals surface area contributed by atoms with Gasteiger partial charge in [-0.3, -0.25) is 4.79 Å². The Hall–Kier alpha value is -2.38. The van der Waals surface area contributed by atoms with Crippen molar-refractivity contribution in [2.45, 2.75) is 25.3 Å². The molecule has 0 bridgehead atoms. The highest BCUT2D eigenvalue weighted by Gasteiger charge is 2.36. The highest BCUT2D eigenvalue weighted by molar-refractivity contribution is 5.67. The Morgan fingerprint density at radius 1 is 1.47 bits per heavy atom. The van der Waals surface area contributed by atoms with Crippen LogP contribution in [0.5, 0.6) is 0 Å². The van der Waals surface area contributed by atoms with Gasteiger partial charge in [0.25, 0.3) is 0 Å². The van der Waals surface area contributed by atoms with Crippen molar-refractivity contribution in [2.75, 3.05) is 0 Å². The number of nitrogens with zero attached hydrogens (tertiary/aromatic N) is 6. The first kappa shape index (κ1) is 11.7. The predicted octanol–water partition coefficient (Wildman–Crippen LogP) is 0.556. The molecule has 8 heteroatoms. The highest BCUT2D eigenvalue weighted by Crippen LogP contribution is 2.42. The molecule has 0 aliphatic heterocycles. The molecule has 8 nitrogen and oxygen atoms in total. The third kappa shape index (κ3) is 2.42. The molecular weight excluding hydrogens is 248 g/mol. The van der Waals surface area contributed by atoms with Crippen molar-refractivity contribution >= 4 is 5.97 Å². The molecule has 0 radical (unpaired) electrons. The van der Waals surface area contributed by atoms with Crippen molar-refractivity contribution in [2.24, 2.45) is 5.92 Å². The fourth-order valence-corrected chi connectivity index (χ4v) is 2.14. The standard InChI is InChI=1S/C11H12N6O2/c18-10(19)5-9(7-1-2-7)17-11(14-15-16-17)8-3-4-12-13-6-8/h3-4,6-7,9H,1-2,5H2,(H,18,19). The van der Waals surface area contributed by atoms with Crippen molar-refractivity contribution in [3.05, 3.63) is 18.5 Å². The number of tetrazole rings is 1. The number of aliphatic carboxylic acids is 1. The van der Waals surface area contributed by atoms with E-state index in [-0.39, 0.29) is 12.5 Å². The van der Waals surface area contributed by atoms with Crippen molar-refractivity contribution in [1.29, 1.82) is 0 Å². The van der Waals surface area contributed by atoms with Gasteiger partial charge in [-0.05, 0) is 35.3 Å². The number of rotatable bonds is 5. The molecule has 3 rings (SSSR count). The van der Waals surface area contributed by atoms with Crippen LogP contribution in [0.25, 0.3) is 11.4 Å². The van der Waals surface area contributed by atoms with Crippen LogP contribution in [-0.2, 0) is 4.79 Å². The molecule has 1 unspecified atom stereocenters. The van der Waals surface area contributed by atoms with Gasteiger partial charge in [0, 0.05) is 5.56 Å². The van der Waals surface area contributed by atoms with Crippen LogP contribution in [0.3, 0.4) is 0 Å². The molecule has 0 aromatic carbocycles. The van der Waals surface area contributed by atoms with Gasteiger partial charge in [0.15, 0.2) is 5.82 Å². The van der Waals surface area contributed by atoms with E-state index >= 15 is 0 Å². The van der Waals surface area contributed by atoms with Gasteiger partial charge in [0.2, 0.25) is 0 Å². The van der Waals surface area contributed by atoms with Gasteiger partial charge in [0.1, 0.15) is 0 Å². The second-order valence-corrected chi connectivity index (χ2v) is 4.58. The minimum atomic E-state index is -0.841. The molecule has 1 fully saturated rings. The van der Waals surface area contributed by atoms with Crippen LogP contribution in [0.2, 0.25) is 0 Å². The number of aromatic nitrogens is 6. The Morgan fingerprint density at radius 3 is 2.95 bits per heavy atom. The van der Waals surface area contributed by atoms with Gasteiger partial charge in [0.05, 0.1) is 24.9 Å². The Balaban J connectivity index is 1.96. The number of carboxylic acids is 1. The Morgan fingerprint density at radius 2 is 2.32 bits per heavy atom. The first-order valence-electron chi connectivity index (χ1n) is 6.02. The van der Waals surface area contributed by atoms with E-state index in [1.807, 2.05) is 0 Å². The monoisotopic (exact) mass is 260 g/mol. The summed E-state index contributed by atoms with van der Waals surface area (Å²) in [5, 5.41) is 28.1. The van der Waals surface area contributed by atoms with E-state index in [1.165, 1.54) is 0 Å². The van der Waals surface area contributed by atoms with Crippen LogP contribution in [-0.4, -0.2) is 41.5 Å². The first-order chi connectivity index (χ1) is 9.25. The molecule has 2 aromatic heterocycles. The summed E-state index contributed by atoms with van der Waals surface area (Å²) in [6, 6.07) is 1.55. The summed E-state index contributed by atoms with van der Waals surface area (Å²) in [7, 11) is 0. The minimum absolute atomic E-state index is 0.0290. The zero-order valence-electron chi connectivity index (χ0n) is 10.0. The fraction of sp³-hybridized carbons (Fsp3) is 0.455. The summed E-state index contributed by atoms with van der Waals surface area (Å²) in [4.78, 5) is 11.0. The first-order valence-corrected chi connectivity index (χ1v) is 6.02. The molecular formula is C11H12N6O2. The molecule has 98 valence electrons. The Labute approximate surface area is 108 Å². The summed E-state index contributed by atoms with van der Waals surface area (Å²) in [6.07, 6.45) is 5.18. The molecule has 19 heavy (non-hydrogen) atoms. The van der Waals surface area contributed by atoms with Gasteiger partial charge in [-0.1, -0.05) is 0 Å². The maximum Gasteiger partial charge on any atom is 0.305 e. The van der Waals surface area contributed by atoms with Gasteiger partial charge < -0.3 is 5.11 Å². The molecule has 1 aliphatic carbocycles. The van der Waals surface area contributed by atoms with E-state index in [0.717, 1.165) is 18.4 Å². The lowest BCUT2D eigenvalue weighted by Gasteiger charge is -2.15. The summed E-state index contributed by atoms with van der Waals surface area (Å²) in [5.41, 5.74) is 0.732. The van der Waals surface area contributed by atoms with Crippen molar-refractivity contribution < 1.29 is 9.90 Å². The summed E-state index contributed by atoms with van der Waals surface area (Å²) >= 11 is 0. The van der Waals surface area contributed by atoms with Crippen molar-refractivity contribution in [1.82, 2.24) is 30.4 Å². The van der Waals surface area contributed by atoms with E-state index in [4.69, 9.17) is 5.11 Å². The molecule has 0 amide bonds. The topological polar surface area (TPSA) is 107 Å². The van der Waals surface area contributed by atoms with E-state index in [2.05, 4.69) is 25.7 Å². The number of carbonyl (C=O) groups is 1. The van der Waals surface area contributed by atoms with Crippen LogP contribution in [0.15, 0.2) is 18.5 Å². The van der Waals surface area contributed by atoms with Crippen molar-refractivity contribution in [3.8, 4) is 11.4 Å². The molecule has 2 heterocycles. The number of hydrogen-bond donors (Lipinski definition) is 1. The van der Waals surface area contributed by atoms with Crippen LogP contribution in [0.4, 0.5) is 0 Å². The average molecular weight is 260 g/mol. The molecule has 0 saturated heterocycles. The quantitative estimate of drug-likeness (QED) is 0.836. The summed E-state index contributed by atoms with van der Waals surface area (Å²) < 4.78 is 1.60. The number of carboxylic acid groups (broad SMARTS) is 1. The molecule has 2 aromatic rings. The Kier molecular flexibility index (Phi) is 2.90. The van der Waals surface area contributed by atoms with Crippen LogP contribution >= 0.6 is 0 Å². The van der Waals surface area contributed by atoms with E-state index in [1.54, 1.807) is 23.1 Å². The maximum atomic E-state index is 11.0. The summed E-state index contributed by atoms with van der Waals surface area (Å²) in [6.45, 7) is 0. The largest absolute Gasteiger partial charge is 0.481 e. The minimum Gasteiger partial charge on any atom is -0.481 e. The molecule has 1 atom stereocenters. The third-order valence-electron chi connectivity index (χ3n) is 3.20. The Bertz CT molecular complexity index is 580. The lowest BCUT2D eigenvalue weighted by Crippen LogP contribution is -2.18. The smallest absolute Gasteiger partial charge is 0.305 e. The van der Waals surface area contributed by atoms with E-state index < -0.39 is 5.97 Å². The zero-order chi connectivity index (χ0) is 13.2. The molecule has 1 saturated carbocycles. The zero-order valence-corrected chi connectivity index (χ0v) is 10.0. The molecule has 1 N–H and O–H groups in total. The van der Waals surface area contributed by atoms with E-state index in [9.17, 15) is 4.79 Å². The average Bonchev–Trinajstić information content (AvgIpc) is 3.14. The molecule has 1 aliphatic rings. The van der Waals surface area contributed by atoms with Gasteiger partial charge in [-0.15, -0.1) is 5.10 Å². The maximum absolute atomic E-state index is 11.0. The molecule has 0 spiro atoms. The lowest BCUT2D eigenvalue weighted by atomic mass is 10.1. The lowest BCUT2D eigenvalue weighted by molar-refractivity contribution is -0.138. The van der Waals surface area contributed by atoms with Crippen LogP contribution in [0, 0.1) is 5.92 Å². The van der Waals surface area contributed by atoms with Gasteiger partial charge in [-0.25, -0.2) is 4.68 Å². The SMILES string of the molecule is O=C(O)CC(C1CC1)n1nnnc1-c1ccnnc1. The summed E-state index contributed by atoms with van der Waals surface area (Å²) in [5.74, 6) is 0.0346. The van der Waals surface area contributed by atoms with Crippen LogP contribution in [0.1, 0.15) is 25.3 Å². The predicted molar refractivity (Wildman–Crippen MR) is 62.9 cm³/mol. The third-order valence-corrected chi connectivity index (χ3v) is 3.20. The second-order valence-electron chi connectivity index (χ2n) is 4.58.